The summed E-state index contributed by atoms with van der Waals surface area (Å²) in [7, 11) is 0. The van der Waals surface area contributed by atoms with Crippen molar-refractivity contribution in [3.05, 3.63) is 63.1 Å². The summed E-state index contributed by atoms with van der Waals surface area (Å²) in [4.78, 5) is 7.22. The highest BCUT2D eigenvalue weighted by molar-refractivity contribution is 9.10. The molecule has 0 unspecified atom stereocenters. The van der Waals surface area contributed by atoms with Gasteiger partial charge in [0, 0.05) is 28.8 Å². The van der Waals surface area contributed by atoms with Crippen LogP contribution in [0.25, 0.3) is 0 Å². The summed E-state index contributed by atoms with van der Waals surface area (Å²) in [6.07, 6.45) is 1.10. The molecular weight excluding hydrogens is 336 g/mol. The number of halogens is 1. The maximum absolute atomic E-state index is 4.84. The molecular formula is C19H21BrN2. The van der Waals surface area contributed by atoms with E-state index < -0.39 is 0 Å². The second-order valence-electron chi connectivity index (χ2n) is 5.94. The van der Waals surface area contributed by atoms with E-state index in [0.29, 0.717) is 0 Å². The van der Waals surface area contributed by atoms with E-state index >= 15 is 0 Å². The molecule has 0 bridgehead atoms. The molecule has 0 aromatic heterocycles. The van der Waals surface area contributed by atoms with Gasteiger partial charge in [-0.1, -0.05) is 51.8 Å². The second kappa shape index (κ2) is 6.25. The minimum Gasteiger partial charge on any atom is -0.326 e. The van der Waals surface area contributed by atoms with Crippen LogP contribution in [0.4, 0.5) is 5.69 Å². The normalized spacial score (nSPS) is 14.9. The van der Waals surface area contributed by atoms with Crippen LogP contribution in [0.15, 0.2) is 45.9 Å². The third-order valence-electron chi connectivity index (χ3n) is 4.08. The number of anilines is 1. The maximum atomic E-state index is 4.84. The molecule has 0 aliphatic carbocycles. The molecule has 0 N–H and O–H groups in total. The molecule has 2 aromatic carbocycles. The van der Waals surface area contributed by atoms with Crippen molar-refractivity contribution in [2.45, 2.75) is 27.2 Å². The summed E-state index contributed by atoms with van der Waals surface area (Å²) in [6, 6.07) is 12.9. The minimum atomic E-state index is 0.900. The lowest BCUT2D eigenvalue weighted by atomic mass is 10.0. The Labute approximate surface area is 141 Å². The van der Waals surface area contributed by atoms with Gasteiger partial charge in [-0.05, 0) is 44.4 Å². The first-order valence-corrected chi connectivity index (χ1v) is 8.52. The molecule has 0 saturated heterocycles. The van der Waals surface area contributed by atoms with Crippen molar-refractivity contribution < 1.29 is 0 Å². The van der Waals surface area contributed by atoms with Crippen molar-refractivity contribution >= 4 is 27.5 Å². The molecule has 1 aliphatic heterocycles. The van der Waals surface area contributed by atoms with Gasteiger partial charge in [0.25, 0.3) is 0 Å². The zero-order chi connectivity index (χ0) is 15.7. The third-order valence-corrected chi connectivity index (χ3v) is 4.77. The van der Waals surface area contributed by atoms with Crippen molar-refractivity contribution in [2.24, 2.45) is 4.99 Å². The minimum absolute atomic E-state index is 0.900. The highest BCUT2D eigenvalue weighted by atomic mass is 79.9. The fourth-order valence-corrected chi connectivity index (χ4v) is 3.76. The van der Waals surface area contributed by atoms with Crippen molar-refractivity contribution in [3.8, 4) is 0 Å². The Balaban J connectivity index is 2.12. The molecule has 2 nitrogen and oxygen atoms in total. The number of aliphatic imine (C=N–C) groups is 1. The predicted octanol–water partition coefficient (Wildman–Crippen LogP) is 5.03. The van der Waals surface area contributed by atoms with E-state index in [1.807, 2.05) is 6.07 Å². The van der Waals surface area contributed by atoms with Gasteiger partial charge < -0.3 is 4.90 Å². The number of benzene rings is 2. The Morgan fingerprint density at radius 2 is 1.73 bits per heavy atom. The molecule has 2 aromatic rings. The summed E-state index contributed by atoms with van der Waals surface area (Å²) >= 11 is 3.67. The van der Waals surface area contributed by atoms with Crippen molar-refractivity contribution in [3.63, 3.8) is 0 Å². The standard InChI is InChI=1S/C19H21BrN2/c1-13-11-14(2)18(15(3)12-13)22-10-6-9-21-19(22)16-7-4-5-8-17(16)20/h4-5,7-8,11-12H,6,9-10H2,1-3H3. The lowest BCUT2D eigenvalue weighted by Gasteiger charge is -2.32. The highest BCUT2D eigenvalue weighted by Gasteiger charge is 2.23. The van der Waals surface area contributed by atoms with Crippen LogP contribution >= 0.6 is 15.9 Å². The lowest BCUT2D eigenvalue weighted by Crippen LogP contribution is -2.37. The van der Waals surface area contributed by atoms with Gasteiger partial charge in [-0.2, -0.15) is 0 Å². The number of amidine groups is 1. The molecule has 22 heavy (non-hydrogen) atoms. The Kier molecular flexibility index (Phi) is 4.34. The van der Waals surface area contributed by atoms with Gasteiger partial charge in [0.1, 0.15) is 5.84 Å². The van der Waals surface area contributed by atoms with Gasteiger partial charge in [-0.3, -0.25) is 4.99 Å². The summed E-state index contributed by atoms with van der Waals surface area (Å²) in [6.45, 7) is 8.47. The quantitative estimate of drug-likeness (QED) is 0.736. The number of aryl methyl sites for hydroxylation is 3. The zero-order valence-corrected chi connectivity index (χ0v) is 14.9. The van der Waals surface area contributed by atoms with E-state index in [2.05, 4.69) is 71.9 Å². The summed E-state index contributed by atoms with van der Waals surface area (Å²) in [5.41, 5.74) is 6.43. The fraction of sp³-hybridized carbons (Fsp3) is 0.316. The molecule has 0 spiro atoms. The number of hydrogen-bond donors (Lipinski definition) is 0. The number of nitrogens with zero attached hydrogens (tertiary/aromatic N) is 2. The van der Waals surface area contributed by atoms with E-state index in [4.69, 9.17) is 4.99 Å². The predicted molar refractivity (Wildman–Crippen MR) is 98.2 cm³/mol. The van der Waals surface area contributed by atoms with Crippen LogP contribution in [-0.2, 0) is 0 Å². The molecule has 3 heteroatoms. The first kappa shape index (κ1) is 15.3. The van der Waals surface area contributed by atoms with E-state index in [1.54, 1.807) is 0 Å². The summed E-state index contributed by atoms with van der Waals surface area (Å²) in [5, 5.41) is 0. The SMILES string of the molecule is Cc1cc(C)c(N2CCCN=C2c2ccccc2Br)c(C)c1. The van der Waals surface area contributed by atoms with Crippen LogP contribution in [0, 0.1) is 20.8 Å². The molecule has 0 amide bonds. The number of hydrogen-bond acceptors (Lipinski definition) is 2. The zero-order valence-electron chi connectivity index (χ0n) is 13.4. The van der Waals surface area contributed by atoms with E-state index in [9.17, 15) is 0 Å². The smallest absolute Gasteiger partial charge is 0.136 e. The average Bonchev–Trinajstić information content (AvgIpc) is 2.47. The van der Waals surface area contributed by atoms with Crippen LogP contribution in [0.3, 0.4) is 0 Å². The van der Waals surface area contributed by atoms with Crippen LogP contribution in [0.5, 0.6) is 0 Å². The van der Waals surface area contributed by atoms with Gasteiger partial charge >= 0.3 is 0 Å². The Hall–Kier alpha value is -1.61. The Morgan fingerprint density at radius 1 is 1.05 bits per heavy atom. The van der Waals surface area contributed by atoms with E-state index in [1.165, 1.54) is 27.9 Å². The highest BCUT2D eigenvalue weighted by Crippen LogP contribution is 2.31. The van der Waals surface area contributed by atoms with Crippen molar-refractivity contribution in [1.29, 1.82) is 0 Å². The van der Waals surface area contributed by atoms with Gasteiger partial charge in [0.05, 0.1) is 0 Å². The van der Waals surface area contributed by atoms with E-state index in [0.717, 1.165) is 29.8 Å². The first-order chi connectivity index (χ1) is 10.6. The van der Waals surface area contributed by atoms with Gasteiger partial charge in [-0.25, -0.2) is 0 Å². The fourth-order valence-electron chi connectivity index (χ4n) is 3.29. The topological polar surface area (TPSA) is 15.6 Å². The molecule has 114 valence electrons. The second-order valence-corrected chi connectivity index (χ2v) is 6.79. The molecule has 0 atom stereocenters. The molecule has 1 aliphatic rings. The van der Waals surface area contributed by atoms with Crippen molar-refractivity contribution in [2.75, 3.05) is 18.0 Å². The van der Waals surface area contributed by atoms with Crippen molar-refractivity contribution in [1.82, 2.24) is 0 Å². The molecule has 0 saturated carbocycles. The third kappa shape index (κ3) is 2.82. The van der Waals surface area contributed by atoms with Crippen LogP contribution in [0.1, 0.15) is 28.7 Å². The maximum Gasteiger partial charge on any atom is 0.136 e. The Bertz CT molecular complexity index is 711. The molecule has 3 rings (SSSR count). The largest absolute Gasteiger partial charge is 0.326 e. The average molecular weight is 357 g/mol. The first-order valence-electron chi connectivity index (χ1n) is 7.72. The summed E-state index contributed by atoms with van der Waals surface area (Å²) in [5.74, 6) is 1.08. The number of rotatable bonds is 2. The van der Waals surface area contributed by atoms with Crippen LogP contribution < -0.4 is 4.90 Å². The van der Waals surface area contributed by atoms with Crippen LogP contribution in [-0.4, -0.2) is 18.9 Å². The van der Waals surface area contributed by atoms with Crippen LogP contribution in [0.2, 0.25) is 0 Å². The Morgan fingerprint density at radius 3 is 2.41 bits per heavy atom. The van der Waals surface area contributed by atoms with Gasteiger partial charge in [0.15, 0.2) is 0 Å². The van der Waals surface area contributed by atoms with Gasteiger partial charge in [-0.15, -0.1) is 0 Å². The lowest BCUT2D eigenvalue weighted by molar-refractivity contribution is 0.787. The van der Waals surface area contributed by atoms with E-state index in [-0.39, 0.29) is 0 Å². The molecule has 0 fully saturated rings. The summed E-state index contributed by atoms with van der Waals surface area (Å²) < 4.78 is 1.10. The monoisotopic (exact) mass is 356 g/mol. The molecule has 0 radical (unpaired) electrons. The molecule has 1 heterocycles. The van der Waals surface area contributed by atoms with Gasteiger partial charge in [0.2, 0.25) is 0 Å².